The number of hydrogen-bond acceptors (Lipinski definition) is 7. The fourth-order valence-corrected chi connectivity index (χ4v) is 5.36. The van der Waals surface area contributed by atoms with Crippen molar-refractivity contribution in [2.45, 2.75) is 10.6 Å². The number of carbonyl (C=O) groups excluding carboxylic acids is 1. The molecule has 0 aliphatic heterocycles. The van der Waals surface area contributed by atoms with Crippen LogP contribution in [-0.2, 0) is 21.3 Å². The van der Waals surface area contributed by atoms with Gasteiger partial charge in [0.2, 0.25) is 5.91 Å². The standard InChI is InChI=1S/C20H17BrN2O5S2/c1-27-16-7-4-5-14(11-16)12-19(24)23-22-13-15-6-2-3-8-17(15)28-30(25,26)20-10-9-18(21)29-20/h2-11,13H,12H2,1H3,(H,23,24)/b22-13+. The molecule has 0 saturated carbocycles. The van der Waals surface area contributed by atoms with Gasteiger partial charge in [-0.1, -0.05) is 24.3 Å². The summed E-state index contributed by atoms with van der Waals surface area (Å²) in [4.78, 5) is 12.1. The lowest BCUT2D eigenvalue weighted by atomic mass is 10.1. The number of para-hydroxylation sites is 1. The van der Waals surface area contributed by atoms with Crippen molar-refractivity contribution in [3.05, 3.63) is 75.6 Å². The Morgan fingerprint density at radius 2 is 1.97 bits per heavy atom. The SMILES string of the molecule is COc1cccc(CC(=O)N/N=C/c2ccccc2OS(=O)(=O)c2ccc(Br)s2)c1. The monoisotopic (exact) mass is 508 g/mol. The van der Waals surface area contributed by atoms with E-state index in [1.807, 2.05) is 6.07 Å². The third-order valence-corrected chi connectivity index (χ3v) is 7.11. The number of carbonyl (C=O) groups is 1. The molecule has 2 aromatic carbocycles. The van der Waals surface area contributed by atoms with Gasteiger partial charge in [0.15, 0.2) is 9.96 Å². The van der Waals surface area contributed by atoms with Crippen molar-refractivity contribution < 1.29 is 22.1 Å². The molecule has 0 radical (unpaired) electrons. The summed E-state index contributed by atoms with van der Waals surface area (Å²) in [6.07, 6.45) is 1.45. The first kappa shape index (κ1) is 22.0. The van der Waals surface area contributed by atoms with Gasteiger partial charge in [0.1, 0.15) is 5.75 Å². The molecule has 0 unspecified atom stereocenters. The summed E-state index contributed by atoms with van der Waals surface area (Å²) in [6.45, 7) is 0. The lowest BCUT2D eigenvalue weighted by molar-refractivity contribution is -0.120. The van der Waals surface area contributed by atoms with Crippen LogP contribution in [0.3, 0.4) is 0 Å². The van der Waals surface area contributed by atoms with Crippen molar-refractivity contribution in [2.75, 3.05) is 7.11 Å². The van der Waals surface area contributed by atoms with Crippen molar-refractivity contribution in [2.24, 2.45) is 5.10 Å². The highest BCUT2D eigenvalue weighted by Crippen LogP contribution is 2.29. The van der Waals surface area contributed by atoms with Crippen LogP contribution in [-0.4, -0.2) is 27.6 Å². The van der Waals surface area contributed by atoms with Crippen molar-refractivity contribution >= 4 is 49.5 Å². The molecule has 0 saturated heterocycles. The van der Waals surface area contributed by atoms with Crippen molar-refractivity contribution in [3.8, 4) is 11.5 Å². The molecule has 1 heterocycles. The van der Waals surface area contributed by atoms with Gasteiger partial charge >= 0.3 is 10.1 Å². The van der Waals surface area contributed by atoms with Gasteiger partial charge < -0.3 is 8.92 Å². The predicted octanol–water partition coefficient (Wildman–Crippen LogP) is 3.98. The van der Waals surface area contributed by atoms with Gasteiger partial charge in [0.25, 0.3) is 0 Å². The Balaban J connectivity index is 1.67. The van der Waals surface area contributed by atoms with E-state index in [2.05, 4.69) is 26.5 Å². The maximum absolute atomic E-state index is 12.4. The summed E-state index contributed by atoms with van der Waals surface area (Å²) in [5, 5.41) is 3.91. The van der Waals surface area contributed by atoms with E-state index in [0.29, 0.717) is 15.1 Å². The highest BCUT2D eigenvalue weighted by atomic mass is 79.9. The number of methoxy groups -OCH3 is 1. The van der Waals surface area contributed by atoms with Gasteiger partial charge in [-0.05, 0) is 57.9 Å². The van der Waals surface area contributed by atoms with E-state index >= 15 is 0 Å². The molecule has 7 nitrogen and oxygen atoms in total. The average molecular weight is 509 g/mol. The number of nitrogens with zero attached hydrogens (tertiary/aromatic N) is 1. The summed E-state index contributed by atoms with van der Waals surface area (Å²) in [7, 11) is -2.42. The van der Waals surface area contributed by atoms with Crippen LogP contribution >= 0.6 is 27.3 Å². The number of ether oxygens (including phenoxy) is 1. The molecule has 1 amide bonds. The maximum Gasteiger partial charge on any atom is 0.348 e. The Bertz CT molecular complexity index is 1180. The molecule has 0 aliphatic carbocycles. The highest BCUT2D eigenvalue weighted by Gasteiger charge is 2.20. The number of thiophene rings is 1. The lowest BCUT2D eigenvalue weighted by Gasteiger charge is -2.08. The summed E-state index contributed by atoms with van der Waals surface area (Å²) in [6, 6.07) is 16.8. The molecule has 30 heavy (non-hydrogen) atoms. The molecular weight excluding hydrogens is 492 g/mol. The van der Waals surface area contributed by atoms with Crippen LogP contribution in [0, 0.1) is 0 Å². The van der Waals surface area contributed by atoms with E-state index in [4.69, 9.17) is 8.92 Å². The molecule has 3 rings (SSSR count). The molecule has 1 N–H and O–H groups in total. The molecule has 0 atom stereocenters. The lowest BCUT2D eigenvalue weighted by Crippen LogP contribution is -2.19. The second-order valence-corrected chi connectivity index (χ2v) is 10.2. The fraction of sp³-hybridized carbons (Fsp3) is 0.100. The van der Waals surface area contributed by atoms with Crippen LogP contribution in [0.5, 0.6) is 11.5 Å². The molecule has 10 heteroatoms. The van der Waals surface area contributed by atoms with Crippen molar-refractivity contribution in [1.29, 1.82) is 0 Å². The van der Waals surface area contributed by atoms with Crippen LogP contribution < -0.4 is 14.3 Å². The Labute approximate surface area is 186 Å². The minimum absolute atomic E-state index is 0.0766. The quantitative estimate of drug-likeness (QED) is 0.282. The number of amides is 1. The first-order chi connectivity index (χ1) is 14.4. The van der Waals surface area contributed by atoms with Crippen LogP contribution in [0.15, 0.2) is 73.8 Å². The number of rotatable bonds is 8. The molecule has 1 aromatic heterocycles. The summed E-state index contributed by atoms with van der Waals surface area (Å²) < 4.78 is 36.0. The zero-order valence-electron chi connectivity index (χ0n) is 15.7. The normalized spacial score (nSPS) is 11.4. The van der Waals surface area contributed by atoms with E-state index in [1.54, 1.807) is 49.6 Å². The largest absolute Gasteiger partial charge is 0.497 e. The topological polar surface area (TPSA) is 94.1 Å². The van der Waals surface area contributed by atoms with E-state index in [1.165, 1.54) is 18.3 Å². The summed E-state index contributed by atoms with van der Waals surface area (Å²) in [5.41, 5.74) is 3.60. The Morgan fingerprint density at radius 1 is 1.17 bits per heavy atom. The van der Waals surface area contributed by atoms with Gasteiger partial charge in [-0.3, -0.25) is 4.79 Å². The number of benzene rings is 2. The minimum Gasteiger partial charge on any atom is -0.497 e. The molecule has 0 spiro atoms. The maximum atomic E-state index is 12.4. The first-order valence-electron chi connectivity index (χ1n) is 8.61. The summed E-state index contributed by atoms with van der Waals surface area (Å²) in [5.74, 6) is 0.440. The third-order valence-electron chi connectivity index (χ3n) is 3.81. The highest BCUT2D eigenvalue weighted by molar-refractivity contribution is 9.11. The van der Waals surface area contributed by atoms with Crippen LogP contribution in [0.4, 0.5) is 0 Å². The zero-order chi connectivity index (χ0) is 21.6. The fourth-order valence-electron chi connectivity index (χ4n) is 2.44. The van der Waals surface area contributed by atoms with Crippen LogP contribution in [0.1, 0.15) is 11.1 Å². The number of nitrogens with one attached hydrogen (secondary N) is 1. The Kier molecular flexibility index (Phi) is 7.24. The molecule has 0 bridgehead atoms. The first-order valence-corrected chi connectivity index (χ1v) is 11.6. The van der Waals surface area contributed by atoms with E-state index in [9.17, 15) is 13.2 Å². The molecule has 156 valence electrons. The smallest absolute Gasteiger partial charge is 0.348 e. The Morgan fingerprint density at radius 3 is 2.70 bits per heavy atom. The molecule has 0 aliphatic rings. The molecular formula is C20H17BrN2O5S2. The van der Waals surface area contributed by atoms with Gasteiger partial charge in [-0.15, -0.1) is 11.3 Å². The van der Waals surface area contributed by atoms with Crippen LogP contribution in [0.25, 0.3) is 0 Å². The summed E-state index contributed by atoms with van der Waals surface area (Å²) >= 11 is 4.28. The minimum atomic E-state index is -3.98. The van der Waals surface area contributed by atoms with Crippen molar-refractivity contribution in [3.63, 3.8) is 0 Å². The third kappa shape index (κ3) is 5.91. The number of halogens is 1. The van der Waals surface area contributed by atoms with Gasteiger partial charge in [0, 0.05) is 5.56 Å². The van der Waals surface area contributed by atoms with E-state index in [-0.39, 0.29) is 22.3 Å². The Hall–Kier alpha value is -2.69. The van der Waals surface area contributed by atoms with Crippen LogP contribution in [0.2, 0.25) is 0 Å². The molecule has 0 fully saturated rings. The second-order valence-electron chi connectivity index (χ2n) is 5.96. The van der Waals surface area contributed by atoms with E-state index < -0.39 is 10.1 Å². The molecule has 3 aromatic rings. The second kappa shape index (κ2) is 9.88. The van der Waals surface area contributed by atoms with Gasteiger partial charge in [0.05, 0.1) is 23.5 Å². The number of hydrogen-bond donors (Lipinski definition) is 1. The van der Waals surface area contributed by atoms with Gasteiger partial charge in [-0.25, -0.2) is 5.43 Å². The van der Waals surface area contributed by atoms with Crippen molar-refractivity contribution in [1.82, 2.24) is 5.43 Å². The zero-order valence-corrected chi connectivity index (χ0v) is 19.0. The average Bonchev–Trinajstić information content (AvgIpc) is 3.16. The predicted molar refractivity (Wildman–Crippen MR) is 119 cm³/mol. The number of hydrazone groups is 1. The van der Waals surface area contributed by atoms with E-state index in [0.717, 1.165) is 16.9 Å². The van der Waals surface area contributed by atoms with Gasteiger partial charge in [-0.2, -0.15) is 13.5 Å².